The molecule has 6 heteroatoms. The zero-order valence-electron chi connectivity index (χ0n) is 8.53. The van der Waals surface area contributed by atoms with Crippen LogP contribution in [-0.4, -0.2) is 13.6 Å². The first-order valence-electron chi connectivity index (χ1n) is 4.76. The molecular weight excluding hydrogens is 238 g/mol. The highest BCUT2D eigenvalue weighted by Gasteiger charge is 2.39. The second kappa shape index (κ2) is 3.49. The lowest BCUT2D eigenvalue weighted by Crippen LogP contribution is -1.97. The van der Waals surface area contributed by atoms with Crippen molar-refractivity contribution in [2.24, 2.45) is 5.92 Å². The largest absolute Gasteiger partial charge is 0.361 e. The molecule has 1 saturated carbocycles. The van der Waals surface area contributed by atoms with Crippen LogP contribution in [0.1, 0.15) is 36.3 Å². The van der Waals surface area contributed by atoms with E-state index in [4.69, 9.17) is 15.2 Å². The molecule has 0 radical (unpaired) electrons. The third-order valence-electron chi connectivity index (χ3n) is 2.81. The van der Waals surface area contributed by atoms with Crippen molar-refractivity contribution in [2.45, 2.75) is 31.9 Å². The number of hydrogen-bond acceptors (Lipinski definition) is 4. The molecule has 4 nitrogen and oxygen atoms in total. The Balaban J connectivity index is 2.24. The minimum Gasteiger partial charge on any atom is -0.361 e. The van der Waals surface area contributed by atoms with Crippen molar-refractivity contribution in [2.75, 3.05) is 0 Å². The smallest absolute Gasteiger partial charge is 0.238 e. The van der Waals surface area contributed by atoms with Crippen LogP contribution < -0.4 is 0 Å². The van der Waals surface area contributed by atoms with E-state index in [2.05, 4.69) is 12.1 Å². The number of aromatic nitrogens is 1. The Hall–Kier alpha value is -0.550. The van der Waals surface area contributed by atoms with E-state index in [1.807, 2.05) is 6.92 Å². The minimum absolute atomic E-state index is 0.259. The summed E-state index contributed by atoms with van der Waals surface area (Å²) in [4.78, 5) is 0. The van der Waals surface area contributed by atoms with Gasteiger partial charge in [-0.15, -0.1) is 0 Å². The molecule has 1 fully saturated rings. The quantitative estimate of drug-likeness (QED) is 0.771. The van der Waals surface area contributed by atoms with Gasteiger partial charge >= 0.3 is 0 Å². The molecule has 1 aromatic heterocycles. The van der Waals surface area contributed by atoms with E-state index in [-0.39, 0.29) is 5.75 Å². The normalized spacial score (nSPS) is 25.5. The van der Waals surface area contributed by atoms with Crippen molar-refractivity contribution in [1.82, 2.24) is 5.16 Å². The number of rotatable bonds is 3. The first-order chi connectivity index (χ1) is 6.88. The Kier molecular flexibility index (Phi) is 2.55. The van der Waals surface area contributed by atoms with Gasteiger partial charge in [0.05, 0.1) is 0 Å². The molecule has 1 aromatic rings. The molecule has 0 amide bonds. The van der Waals surface area contributed by atoms with Crippen LogP contribution in [0.2, 0.25) is 0 Å². The van der Waals surface area contributed by atoms with Gasteiger partial charge in [-0.05, 0) is 19.3 Å². The van der Waals surface area contributed by atoms with Gasteiger partial charge in [-0.2, -0.15) is 0 Å². The molecule has 2 atom stereocenters. The zero-order valence-corrected chi connectivity index (χ0v) is 10.1. The second-order valence-electron chi connectivity index (χ2n) is 4.12. The second-order valence-corrected chi connectivity index (χ2v) is 6.90. The van der Waals surface area contributed by atoms with Crippen molar-refractivity contribution < 1.29 is 12.9 Å². The fraction of sp³-hybridized carbons (Fsp3) is 0.667. The maximum atomic E-state index is 10.9. The first-order valence-corrected chi connectivity index (χ1v) is 7.23. The third-order valence-corrected chi connectivity index (χ3v) is 3.76. The van der Waals surface area contributed by atoms with E-state index < -0.39 is 9.05 Å². The summed E-state index contributed by atoms with van der Waals surface area (Å²) in [5.74, 6) is 1.57. The fourth-order valence-electron chi connectivity index (χ4n) is 1.71. The van der Waals surface area contributed by atoms with E-state index in [0.717, 1.165) is 17.7 Å². The molecule has 0 aromatic carbocycles. The van der Waals surface area contributed by atoms with Crippen LogP contribution in [-0.2, 0) is 14.8 Å². The lowest BCUT2D eigenvalue weighted by atomic mass is 10.1. The van der Waals surface area contributed by atoms with Gasteiger partial charge in [0, 0.05) is 22.2 Å². The lowest BCUT2D eigenvalue weighted by Gasteiger charge is -1.94. The molecule has 0 saturated heterocycles. The van der Waals surface area contributed by atoms with Gasteiger partial charge in [-0.3, -0.25) is 0 Å². The summed E-state index contributed by atoms with van der Waals surface area (Å²) in [6.07, 6.45) is 1.09. The molecule has 15 heavy (non-hydrogen) atoms. The highest BCUT2D eigenvalue weighted by molar-refractivity contribution is 8.13. The molecule has 2 rings (SSSR count). The van der Waals surface area contributed by atoms with E-state index in [1.54, 1.807) is 0 Å². The summed E-state index contributed by atoms with van der Waals surface area (Å²) in [7, 11) is 1.61. The van der Waals surface area contributed by atoms with E-state index in [0.29, 0.717) is 17.5 Å². The molecule has 84 valence electrons. The van der Waals surface area contributed by atoms with Crippen molar-refractivity contribution in [3.63, 3.8) is 0 Å². The predicted octanol–water partition coefficient (Wildman–Crippen LogP) is 2.18. The van der Waals surface area contributed by atoms with E-state index in [9.17, 15) is 8.42 Å². The molecule has 1 aliphatic rings. The molecule has 0 aliphatic heterocycles. The Morgan fingerprint density at radius 1 is 1.60 bits per heavy atom. The highest BCUT2D eigenvalue weighted by Crippen LogP contribution is 2.48. The summed E-state index contributed by atoms with van der Waals surface area (Å²) < 4.78 is 27.0. The van der Waals surface area contributed by atoms with Gasteiger partial charge in [0.2, 0.25) is 9.05 Å². The predicted molar refractivity (Wildman–Crippen MR) is 56.2 cm³/mol. The molecule has 0 N–H and O–H groups in total. The summed E-state index contributed by atoms with van der Waals surface area (Å²) in [6.45, 7) is 3.96. The first kappa shape index (κ1) is 11.0. The monoisotopic (exact) mass is 249 g/mol. The standard InChI is InChI=1S/C9H12ClNO3S/c1-5-3-7(5)9-6(2)8(11-14-9)4-15(10,12)13/h5,7H,3-4H2,1-2H3. The summed E-state index contributed by atoms with van der Waals surface area (Å²) in [6, 6.07) is 0. The Morgan fingerprint density at radius 2 is 2.20 bits per heavy atom. The Morgan fingerprint density at radius 3 is 2.67 bits per heavy atom. The molecule has 0 spiro atoms. The minimum atomic E-state index is -3.56. The molecule has 1 heterocycles. The van der Waals surface area contributed by atoms with E-state index >= 15 is 0 Å². The molecule has 1 aliphatic carbocycles. The highest BCUT2D eigenvalue weighted by atomic mass is 35.7. The maximum absolute atomic E-state index is 10.9. The van der Waals surface area contributed by atoms with Crippen LogP contribution in [0, 0.1) is 12.8 Å². The van der Waals surface area contributed by atoms with Crippen LogP contribution in [0.15, 0.2) is 4.52 Å². The zero-order chi connectivity index (χ0) is 11.2. The van der Waals surface area contributed by atoms with Crippen molar-refractivity contribution >= 4 is 19.7 Å². The van der Waals surface area contributed by atoms with Crippen LogP contribution in [0.3, 0.4) is 0 Å². The Bertz CT molecular complexity index is 480. The number of hydrogen-bond donors (Lipinski definition) is 0. The van der Waals surface area contributed by atoms with Gasteiger partial charge in [0.1, 0.15) is 17.2 Å². The average Bonchev–Trinajstić information content (AvgIpc) is 2.69. The third kappa shape index (κ3) is 2.34. The van der Waals surface area contributed by atoms with Gasteiger partial charge in [-0.1, -0.05) is 12.1 Å². The van der Waals surface area contributed by atoms with Gasteiger partial charge in [0.15, 0.2) is 0 Å². The van der Waals surface area contributed by atoms with Crippen LogP contribution in [0.4, 0.5) is 0 Å². The van der Waals surface area contributed by atoms with Crippen LogP contribution >= 0.6 is 10.7 Å². The Labute approximate surface area is 93.0 Å². The number of halogens is 1. The summed E-state index contributed by atoms with van der Waals surface area (Å²) in [5, 5.41) is 3.76. The van der Waals surface area contributed by atoms with Gasteiger partial charge in [-0.25, -0.2) is 8.42 Å². The summed E-state index contributed by atoms with van der Waals surface area (Å²) in [5.41, 5.74) is 1.26. The van der Waals surface area contributed by atoms with Gasteiger partial charge in [0.25, 0.3) is 0 Å². The topological polar surface area (TPSA) is 60.2 Å². The maximum Gasteiger partial charge on any atom is 0.238 e. The molecular formula is C9H12ClNO3S. The summed E-state index contributed by atoms with van der Waals surface area (Å²) >= 11 is 0. The SMILES string of the molecule is Cc1c(CS(=O)(=O)Cl)noc1C1CC1C. The van der Waals surface area contributed by atoms with E-state index in [1.165, 1.54) is 0 Å². The van der Waals surface area contributed by atoms with Crippen molar-refractivity contribution in [1.29, 1.82) is 0 Å². The molecule has 2 unspecified atom stereocenters. The molecule has 0 bridgehead atoms. The van der Waals surface area contributed by atoms with Crippen molar-refractivity contribution in [3.8, 4) is 0 Å². The fourth-order valence-corrected chi connectivity index (χ4v) is 2.62. The van der Waals surface area contributed by atoms with Crippen LogP contribution in [0.25, 0.3) is 0 Å². The lowest BCUT2D eigenvalue weighted by molar-refractivity contribution is 0.376. The van der Waals surface area contributed by atoms with Crippen molar-refractivity contribution in [3.05, 3.63) is 17.0 Å². The van der Waals surface area contributed by atoms with Crippen LogP contribution in [0.5, 0.6) is 0 Å². The van der Waals surface area contributed by atoms with Gasteiger partial charge < -0.3 is 4.52 Å². The number of nitrogens with zero attached hydrogens (tertiary/aromatic N) is 1. The average molecular weight is 250 g/mol.